The number of carbonyl (C=O) groups is 1. The summed E-state index contributed by atoms with van der Waals surface area (Å²) in [5, 5.41) is 7.08. The molecule has 0 radical (unpaired) electrons. The molecule has 0 bridgehead atoms. The lowest BCUT2D eigenvalue weighted by molar-refractivity contribution is 0.102. The Kier molecular flexibility index (Phi) is 3.40. The molecule has 0 unspecified atom stereocenters. The highest BCUT2D eigenvalue weighted by Gasteiger charge is 2.18. The number of rotatable bonds is 2. The van der Waals surface area contributed by atoms with E-state index in [-0.39, 0.29) is 5.91 Å². The summed E-state index contributed by atoms with van der Waals surface area (Å²) in [6.07, 6.45) is 3.20. The van der Waals surface area contributed by atoms with Gasteiger partial charge in [-0.15, -0.1) is 16.4 Å². The van der Waals surface area contributed by atoms with E-state index in [2.05, 4.69) is 31.3 Å². The summed E-state index contributed by atoms with van der Waals surface area (Å²) in [4.78, 5) is 17.6. The molecule has 1 N–H and O–H groups in total. The maximum Gasteiger partial charge on any atom is 0.260 e. The molecule has 0 saturated heterocycles. The lowest BCUT2D eigenvalue weighted by Gasteiger charge is -2.09. The van der Waals surface area contributed by atoms with E-state index < -0.39 is 0 Å². The third kappa shape index (κ3) is 2.57. The van der Waals surface area contributed by atoms with Crippen molar-refractivity contribution in [3.8, 4) is 0 Å². The highest BCUT2D eigenvalue weighted by atomic mass is 79.9. The predicted octanol–water partition coefficient (Wildman–Crippen LogP) is 3.00. The number of carbonyl (C=O) groups excluding carboxylic acids is 1. The molecule has 1 aliphatic rings. The summed E-state index contributed by atoms with van der Waals surface area (Å²) in [6, 6.07) is 1.86. The molecule has 3 rings (SSSR count). The van der Waals surface area contributed by atoms with Gasteiger partial charge in [0.05, 0.1) is 9.35 Å². The Labute approximate surface area is 123 Å². The molecule has 1 amide bonds. The van der Waals surface area contributed by atoms with Gasteiger partial charge in [-0.3, -0.25) is 10.1 Å². The Hall–Kier alpha value is -1.21. The molecular weight excluding hydrogens is 328 g/mol. The van der Waals surface area contributed by atoms with Crippen molar-refractivity contribution in [2.75, 3.05) is 5.32 Å². The third-order valence-corrected chi connectivity index (χ3v) is 4.80. The maximum atomic E-state index is 12.1. The summed E-state index contributed by atoms with van der Waals surface area (Å²) in [6.45, 7) is 2.86. The van der Waals surface area contributed by atoms with Crippen molar-refractivity contribution < 1.29 is 4.79 Å². The second kappa shape index (κ2) is 5.05. The van der Waals surface area contributed by atoms with Crippen molar-refractivity contribution >= 4 is 39.1 Å². The first-order valence-electron chi connectivity index (χ1n) is 6.14. The lowest BCUT2D eigenvalue weighted by atomic mass is 10.2. The highest BCUT2D eigenvalue weighted by molar-refractivity contribution is 9.11. The Morgan fingerprint density at radius 1 is 1.53 bits per heavy atom. The number of hydrogen-bond donors (Lipinski definition) is 1. The van der Waals surface area contributed by atoms with Crippen LogP contribution in [0.3, 0.4) is 0 Å². The largest absolute Gasteiger partial charge is 0.289 e. The zero-order chi connectivity index (χ0) is 13.4. The van der Waals surface area contributed by atoms with Gasteiger partial charge in [-0.05, 0) is 41.8 Å². The molecule has 0 aliphatic carbocycles. The van der Waals surface area contributed by atoms with Crippen LogP contribution < -0.4 is 5.32 Å². The summed E-state index contributed by atoms with van der Waals surface area (Å²) in [5.41, 5.74) is 0.635. The summed E-state index contributed by atoms with van der Waals surface area (Å²) < 4.78 is 2.72. The van der Waals surface area contributed by atoms with E-state index >= 15 is 0 Å². The molecule has 0 atom stereocenters. The number of aryl methyl sites for hydroxylation is 3. The van der Waals surface area contributed by atoms with E-state index in [1.54, 1.807) is 11.3 Å². The number of halogens is 1. The van der Waals surface area contributed by atoms with Gasteiger partial charge in [0.1, 0.15) is 5.82 Å². The first-order valence-corrected chi connectivity index (χ1v) is 7.75. The second-order valence-corrected chi connectivity index (χ2v) is 7.10. The van der Waals surface area contributed by atoms with E-state index in [1.165, 1.54) is 0 Å². The fourth-order valence-electron chi connectivity index (χ4n) is 2.15. The highest BCUT2D eigenvalue weighted by Crippen LogP contribution is 2.28. The monoisotopic (exact) mass is 340 g/mol. The van der Waals surface area contributed by atoms with Crippen LogP contribution in [-0.4, -0.2) is 20.7 Å². The molecule has 7 heteroatoms. The SMILES string of the molecule is Cc1cc(C(=O)Nc2nc3n(n2)CCCC3)c(Br)s1. The molecular formula is C12H13BrN4OS. The first-order chi connectivity index (χ1) is 9.13. The number of hydrogen-bond acceptors (Lipinski definition) is 4. The van der Waals surface area contributed by atoms with Crippen LogP contribution in [0.1, 0.15) is 33.9 Å². The van der Waals surface area contributed by atoms with Gasteiger partial charge in [-0.25, -0.2) is 4.68 Å². The lowest BCUT2D eigenvalue weighted by Crippen LogP contribution is -2.13. The molecule has 0 fully saturated rings. The van der Waals surface area contributed by atoms with Crippen molar-refractivity contribution in [1.82, 2.24) is 14.8 Å². The van der Waals surface area contributed by atoms with Crippen LogP contribution in [-0.2, 0) is 13.0 Å². The van der Waals surface area contributed by atoms with Crippen molar-refractivity contribution in [3.05, 3.63) is 26.1 Å². The molecule has 2 aromatic heterocycles. The molecule has 0 saturated carbocycles. The number of amides is 1. The molecule has 3 heterocycles. The quantitative estimate of drug-likeness (QED) is 0.914. The van der Waals surface area contributed by atoms with Gasteiger partial charge in [-0.1, -0.05) is 0 Å². The van der Waals surface area contributed by atoms with E-state index in [9.17, 15) is 4.79 Å². The zero-order valence-corrected chi connectivity index (χ0v) is 12.8. The minimum Gasteiger partial charge on any atom is -0.289 e. The third-order valence-electron chi connectivity index (χ3n) is 3.05. The van der Waals surface area contributed by atoms with Crippen molar-refractivity contribution in [2.45, 2.75) is 32.7 Å². The van der Waals surface area contributed by atoms with Crippen LogP contribution in [0.15, 0.2) is 9.85 Å². The molecule has 0 spiro atoms. The summed E-state index contributed by atoms with van der Waals surface area (Å²) >= 11 is 4.95. The average Bonchev–Trinajstić information content (AvgIpc) is 2.91. The number of thiophene rings is 1. The normalized spacial score (nSPS) is 14.2. The minimum atomic E-state index is -0.167. The number of fused-ring (bicyclic) bond motifs is 1. The van der Waals surface area contributed by atoms with Gasteiger partial charge < -0.3 is 0 Å². The molecule has 1 aliphatic heterocycles. The van der Waals surface area contributed by atoms with Gasteiger partial charge >= 0.3 is 0 Å². The smallest absolute Gasteiger partial charge is 0.260 e. The Balaban J connectivity index is 1.79. The number of nitrogens with zero attached hydrogens (tertiary/aromatic N) is 3. The topological polar surface area (TPSA) is 59.8 Å². The average molecular weight is 341 g/mol. The Morgan fingerprint density at radius 2 is 2.37 bits per heavy atom. The predicted molar refractivity (Wildman–Crippen MR) is 77.7 cm³/mol. The van der Waals surface area contributed by atoms with Crippen LogP contribution in [0.25, 0.3) is 0 Å². The molecule has 0 aromatic carbocycles. The summed E-state index contributed by atoms with van der Waals surface area (Å²) in [7, 11) is 0. The number of anilines is 1. The fourth-order valence-corrected chi connectivity index (χ4v) is 3.93. The van der Waals surface area contributed by atoms with E-state index in [0.717, 1.165) is 40.3 Å². The van der Waals surface area contributed by atoms with Crippen molar-refractivity contribution in [1.29, 1.82) is 0 Å². The van der Waals surface area contributed by atoms with Gasteiger partial charge in [0.15, 0.2) is 0 Å². The van der Waals surface area contributed by atoms with Crippen molar-refractivity contribution in [2.24, 2.45) is 0 Å². The van der Waals surface area contributed by atoms with E-state index in [0.29, 0.717) is 11.5 Å². The standard InChI is InChI=1S/C12H13BrN4OS/c1-7-6-8(10(13)19-7)11(18)15-12-14-9-4-2-3-5-17(9)16-12/h6H,2-5H2,1H3,(H,15,16,18). The van der Waals surface area contributed by atoms with Gasteiger partial charge in [-0.2, -0.15) is 4.98 Å². The Morgan fingerprint density at radius 3 is 3.05 bits per heavy atom. The fraction of sp³-hybridized carbons (Fsp3) is 0.417. The molecule has 19 heavy (non-hydrogen) atoms. The zero-order valence-electron chi connectivity index (χ0n) is 10.4. The van der Waals surface area contributed by atoms with Crippen LogP contribution in [0, 0.1) is 6.92 Å². The Bertz CT molecular complexity index is 610. The molecule has 100 valence electrons. The van der Waals surface area contributed by atoms with Crippen LogP contribution >= 0.6 is 27.3 Å². The van der Waals surface area contributed by atoms with Crippen molar-refractivity contribution in [3.63, 3.8) is 0 Å². The van der Waals surface area contributed by atoms with Gasteiger partial charge in [0.25, 0.3) is 5.91 Å². The minimum absolute atomic E-state index is 0.167. The second-order valence-electron chi connectivity index (χ2n) is 4.53. The molecule has 2 aromatic rings. The van der Waals surface area contributed by atoms with Crippen LogP contribution in [0.4, 0.5) is 5.95 Å². The van der Waals surface area contributed by atoms with Crippen LogP contribution in [0.2, 0.25) is 0 Å². The number of aromatic nitrogens is 3. The first kappa shape index (κ1) is 12.8. The van der Waals surface area contributed by atoms with E-state index in [4.69, 9.17) is 0 Å². The maximum absolute atomic E-state index is 12.1. The number of nitrogens with one attached hydrogen (secondary N) is 1. The van der Waals surface area contributed by atoms with E-state index in [1.807, 2.05) is 17.7 Å². The molecule has 5 nitrogen and oxygen atoms in total. The van der Waals surface area contributed by atoms with Gasteiger partial charge in [0, 0.05) is 17.8 Å². The van der Waals surface area contributed by atoms with Gasteiger partial charge in [0.2, 0.25) is 5.95 Å². The van der Waals surface area contributed by atoms with Crippen LogP contribution in [0.5, 0.6) is 0 Å². The summed E-state index contributed by atoms with van der Waals surface area (Å²) in [5.74, 6) is 1.19.